The predicted octanol–water partition coefficient (Wildman–Crippen LogP) is 37.5. The van der Waals surface area contributed by atoms with Crippen LogP contribution in [0.3, 0.4) is 0 Å². The molecule has 0 spiro atoms. The molecule has 0 fully saturated rings. The number of benzene rings is 22. The van der Waals surface area contributed by atoms with Crippen LogP contribution in [0.1, 0.15) is 0 Å². The quantitative estimate of drug-likeness (QED) is 0.107. The van der Waals surface area contributed by atoms with Gasteiger partial charge in [-0.25, -0.2) is 4.98 Å². The molecule has 0 saturated carbocycles. The molecule has 141 heavy (non-hydrogen) atoms. The number of aromatic nitrogens is 3. The van der Waals surface area contributed by atoms with Crippen LogP contribution in [0.2, 0.25) is 0 Å². The van der Waals surface area contributed by atoms with Gasteiger partial charge in [0, 0.05) is 84.3 Å². The third-order valence-electron chi connectivity index (χ3n) is 28.0. The van der Waals surface area contributed by atoms with Crippen LogP contribution >= 0.6 is 0 Å². The molecule has 0 aliphatic heterocycles. The molecule has 28 rings (SSSR count). The Balaban J connectivity index is 0.000000109. The fourth-order valence-corrected chi connectivity index (χ4v) is 21.5. The molecule has 28 aromatic rings. The lowest BCUT2D eigenvalue weighted by molar-refractivity contribution is 0.669. The van der Waals surface area contributed by atoms with E-state index in [0.29, 0.717) is 0 Å². The molecule has 6 heterocycles. The number of hydrogen-bond acceptors (Lipinski definition) is 6. The van der Waals surface area contributed by atoms with Crippen LogP contribution in [-0.4, -0.2) is 15.0 Å². The first-order valence-corrected chi connectivity index (χ1v) is 48.0. The molecule has 0 amide bonds. The first kappa shape index (κ1) is 82.9. The molecule has 0 atom stereocenters. The second-order valence-electron chi connectivity index (χ2n) is 36.1. The zero-order chi connectivity index (χ0) is 93.2. The summed E-state index contributed by atoms with van der Waals surface area (Å²) in [6.07, 6.45) is 5.57. The van der Waals surface area contributed by atoms with Crippen molar-refractivity contribution in [1.29, 1.82) is 0 Å². The maximum Gasteiger partial charge on any atom is 0.143 e. The van der Waals surface area contributed by atoms with Crippen LogP contribution in [0, 0.1) is 0 Å². The van der Waals surface area contributed by atoms with Crippen LogP contribution in [0.5, 0.6) is 0 Å². The summed E-state index contributed by atoms with van der Waals surface area (Å²) in [6.45, 7) is 0. The molecular formula is C135H85N3O3. The fraction of sp³-hybridized carbons (Fsp3) is 0. The Morgan fingerprint density at radius 1 is 0.142 bits per heavy atom. The van der Waals surface area contributed by atoms with Crippen LogP contribution in [0.4, 0.5) is 0 Å². The maximum absolute atomic E-state index is 6.42. The molecular weight excluding hydrogens is 1710 g/mol. The SMILES string of the molecule is c1ccc(-c2cc(-c3c4ccccc4c(-c4ccc(-c5cccc6c5oc5ccccc56)cc4)c4ccccc34)cc(-c3ccccc3)n2)cc1.c1ccc(-c2ccc(-c3c4ccccc4c(-c4cccc(-c5cccc6c5oc5ccccc56)c4)c4ccccc34)cc2)nc1.c1cncc(-c2ccc(-c3c4ccccc4c(-c4ccc(-c5cccc6c5oc5ccccc56)cc4)c4ccccc34)cc2)c1. The van der Waals surface area contributed by atoms with E-state index >= 15 is 0 Å². The van der Waals surface area contributed by atoms with Gasteiger partial charge in [-0.1, -0.05) is 443 Å². The van der Waals surface area contributed by atoms with Crippen LogP contribution < -0.4 is 0 Å². The number of nitrogens with zero attached hydrogens (tertiary/aromatic N) is 3. The van der Waals surface area contributed by atoms with Gasteiger partial charge in [-0.15, -0.1) is 0 Å². The topological polar surface area (TPSA) is 78.1 Å². The van der Waals surface area contributed by atoms with Crippen molar-refractivity contribution in [3.05, 3.63) is 516 Å². The number of fused-ring (bicyclic) bond motifs is 15. The minimum Gasteiger partial charge on any atom is -0.455 e. The molecule has 658 valence electrons. The highest BCUT2D eigenvalue weighted by Crippen LogP contribution is 2.51. The molecule has 0 radical (unpaired) electrons. The predicted molar refractivity (Wildman–Crippen MR) is 590 cm³/mol. The van der Waals surface area contributed by atoms with E-state index in [1.165, 1.54) is 126 Å². The average molecular weight is 1800 g/mol. The zero-order valence-electron chi connectivity index (χ0n) is 76.6. The average Bonchev–Trinajstić information content (AvgIpc) is 1.66. The van der Waals surface area contributed by atoms with E-state index < -0.39 is 0 Å². The van der Waals surface area contributed by atoms with Gasteiger partial charge in [0.15, 0.2) is 0 Å². The second kappa shape index (κ2) is 35.5. The number of furan rings is 3. The number of hydrogen-bond donors (Lipinski definition) is 0. The van der Waals surface area contributed by atoms with Gasteiger partial charge in [0.1, 0.15) is 33.5 Å². The first-order chi connectivity index (χ1) is 70.0. The van der Waals surface area contributed by atoms with Gasteiger partial charge in [-0.3, -0.25) is 9.97 Å². The maximum atomic E-state index is 6.42. The van der Waals surface area contributed by atoms with Gasteiger partial charge < -0.3 is 13.3 Å². The lowest BCUT2D eigenvalue weighted by atomic mass is 9.85. The summed E-state index contributed by atoms with van der Waals surface area (Å²) >= 11 is 0. The third kappa shape index (κ3) is 14.9. The van der Waals surface area contributed by atoms with Crippen molar-refractivity contribution in [3.63, 3.8) is 0 Å². The number of para-hydroxylation sites is 6. The Morgan fingerprint density at radius 3 is 0.752 bits per heavy atom. The van der Waals surface area contributed by atoms with E-state index in [0.717, 1.165) is 150 Å². The van der Waals surface area contributed by atoms with Gasteiger partial charge >= 0.3 is 0 Å². The minimum absolute atomic E-state index is 0.913. The molecule has 0 bridgehead atoms. The van der Waals surface area contributed by atoms with E-state index in [-0.39, 0.29) is 0 Å². The van der Waals surface area contributed by atoms with Crippen molar-refractivity contribution in [2.24, 2.45) is 0 Å². The molecule has 0 aliphatic rings. The highest BCUT2D eigenvalue weighted by atomic mass is 16.3. The number of rotatable bonds is 13. The largest absolute Gasteiger partial charge is 0.455 e. The molecule has 0 saturated heterocycles. The van der Waals surface area contributed by atoms with E-state index in [2.05, 4.69) is 453 Å². The summed E-state index contributed by atoms with van der Waals surface area (Å²) in [5.41, 5.74) is 35.3. The van der Waals surface area contributed by atoms with Gasteiger partial charge in [0.05, 0.1) is 17.1 Å². The van der Waals surface area contributed by atoms with Gasteiger partial charge in [-0.2, -0.15) is 0 Å². The lowest BCUT2D eigenvalue weighted by Gasteiger charge is -2.19. The van der Waals surface area contributed by atoms with Crippen molar-refractivity contribution in [3.8, 4) is 145 Å². The number of pyridine rings is 3. The Hall–Kier alpha value is -18.8. The Morgan fingerprint density at radius 2 is 0.404 bits per heavy atom. The third-order valence-corrected chi connectivity index (χ3v) is 28.0. The molecule has 6 heteroatoms. The minimum atomic E-state index is 0.913. The molecule has 0 aliphatic carbocycles. The van der Waals surface area contributed by atoms with Crippen LogP contribution in [0.25, 0.3) is 275 Å². The molecule has 0 unspecified atom stereocenters. The summed E-state index contributed by atoms with van der Waals surface area (Å²) in [5, 5.41) is 21.7. The lowest BCUT2D eigenvalue weighted by Crippen LogP contribution is -1.94. The highest BCUT2D eigenvalue weighted by molar-refractivity contribution is 6.26. The summed E-state index contributed by atoms with van der Waals surface area (Å²) in [4.78, 5) is 14.0. The summed E-state index contributed by atoms with van der Waals surface area (Å²) in [7, 11) is 0. The fourth-order valence-electron chi connectivity index (χ4n) is 21.5. The van der Waals surface area contributed by atoms with Crippen molar-refractivity contribution >= 4 is 130 Å². The van der Waals surface area contributed by atoms with Crippen molar-refractivity contribution in [1.82, 2.24) is 15.0 Å². The smallest absolute Gasteiger partial charge is 0.143 e. The van der Waals surface area contributed by atoms with Crippen molar-refractivity contribution < 1.29 is 13.3 Å². The van der Waals surface area contributed by atoms with Crippen LogP contribution in [0.15, 0.2) is 529 Å². The van der Waals surface area contributed by atoms with Gasteiger partial charge in [0.2, 0.25) is 0 Å². The molecule has 6 nitrogen and oxygen atoms in total. The van der Waals surface area contributed by atoms with E-state index in [9.17, 15) is 0 Å². The first-order valence-electron chi connectivity index (χ1n) is 48.0. The summed E-state index contributed by atoms with van der Waals surface area (Å²) < 4.78 is 19.2. The van der Waals surface area contributed by atoms with Crippen molar-refractivity contribution in [2.45, 2.75) is 0 Å². The highest BCUT2D eigenvalue weighted by Gasteiger charge is 2.25. The van der Waals surface area contributed by atoms with E-state index in [1.807, 2.05) is 73.2 Å². The molecule has 6 aromatic heterocycles. The molecule has 0 N–H and O–H groups in total. The summed E-state index contributed by atoms with van der Waals surface area (Å²) in [5.74, 6) is 0. The molecule has 22 aromatic carbocycles. The van der Waals surface area contributed by atoms with Gasteiger partial charge in [-0.05, 0) is 214 Å². The normalized spacial score (nSPS) is 11.5. The van der Waals surface area contributed by atoms with E-state index in [1.54, 1.807) is 0 Å². The second-order valence-corrected chi connectivity index (χ2v) is 36.1. The van der Waals surface area contributed by atoms with Gasteiger partial charge in [0.25, 0.3) is 0 Å². The monoisotopic (exact) mass is 1800 g/mol. The Bertz CT molecular complexity index is 9460. The summed E-state index contributed by atoms with van der Waals surface area (Å²) in [6, 6.07) is 177. The van der Waals surface area contributed by atoms with Crippen molar-refractivity contribution in [2.75, 3.05) is 0 Å². The Kier molecular flexibility index (Phi) is 20.9. The Labute approximate surface area is 814 Å². The standard InChI is InChI=1S/C49H31NO.2C43H27NO/c1-3-14-33(15-4-1)44-30-36(31-45(50-44)34-16-5-2-6-17-34)48-41-21-9-7-19-39(41)47(40-20-8-10-22-42(40)48)35-28-26-32(27-29-35)37-23-13-24-43-38-18-11-12-25-46(38)51-49(37)43;1-3-13-37-35(11-1)41(30-22-18-28(19-23-30)32-9-8-26-44-27-32)36-12-2-4-14-38(36)42(37)31-24-20-29(21-25-31)33-15-7-16-39-34-10-5-6-17-40(34)45-43(33)39;1-3-16-36-34(14-1)41(29-24-22-28(23-25-29)39-20-7-8-26-44-39)35-15-2-4-17-37(35)42(36)31-12-9-11-30(27-31)32-18-10-19-38-33-13-5-6-21-40(33)45-43(32)38/h1-31H;2*1-27H. The zero-order valence-corrected chi connectivity index (χ0v) is 76.6. The van der Waals surface area contributed by atoms with E-state index in [4.69, 9.17) is 18.2 Å². The van der Waals surface area contributed by atoms with Crippen LogP contribution in [-0.2, 0) is 0 Å².